The number of anilines is 1. The van der Waals surface area contributed by atoms with Gasteiger partial charge in [0.2, 0.25) is 5.91 Å². The van der Waals surface area contributed by atoms with Crippen LogP contribution in [0.2, 0.25) is 0 Å². The van der Waals surface area contributed by atoms with E-state index in [-0.39, 0.29) is 17.5 Å². The zero-order chi connectivity index (χ0) is 16.4. The molecule has 0 radical (unpaired) electrons. The van der Waals surface area contributed by atoms with Gasteiger partial charge in [-0.15, -0.1) is 0 Å². The largest absolute Gasteiger partial charge is 0.367 e. The van der Waals surface area contributed by atoms with Gasteiger partial charge in [0.25, 0.3) is 0 Å². The third kappa shape index (κ3) is 4.07. The lowest BCUT2D eigenvalue weighted by Gasteiger charge is -2.35. The fourth-order valence-electron chi connectivity index (χ4n) is 2.83. The van der Waals surface area contributed by atoms with E-state index in [2.05, 4.69) is 10.2 Å². The summed E-state index contributed by atoms with van der Waals surface area (Å²) < 4.78 is 14.2. The van der Waals surface area contributed by atoms with Crippen molar-refractivity contribution in [2.45, 2.75) is 25.8 Å². The molecule has 0 spiro atoms. The minimum Gasteiger partial charge on any atom is -0.367 e. The molecule has 6 heteroatoms. The normalized spacial score (nSPS) is 18.8. The number of Topliss-reactive ketones (excluding diaryl/α,β-unsaturated/α-hetero) is 1. The average Bonchev–Trinajstić information content (AvgIpc) is 3.32. The zero-order valence-corrected chi connectivity index (χ0v) is 13.3. The third-order valence-corrected chi connectivity index (χ3v) is 4.38. The Balaban J connectivity index is 1.54. The Hall–Kier alpha value is -1.95. The molecule has 0 unspecified atom stereocenters. The quantitative estimate of drug-likeness (QED) is 0.834. The second-order valence-electron chi connectivity index (χ2n) is 6.33. The average molecular weight is 319 g/mol. The first kappa shape index (κ1) is 15.9. The highest BCUT2D eigenvalue weighted by Gasteiger charge is 2.25. The van der Waals surface area contributed by atoms with Crippen molar-refractivity contribution in [3.8, 4) is 0 Å². The molecule has 1 amide bonds. The first-order valence-electron chi connectivity index (χ1n) is 8.10. The number of carbonyl (C=O) groups is 2. The van der Waals surface area contributed by atoms with E-state index in [4.69, 9.17) is 0 Å². The highest BCUT2D eigenvalue weighted by atomic mass is 19.1. The molecule has 3 rings (SSSR count). The number of piperazine rings is 1. The Morgan fingerprint density at radius 1 is 1.22 bits per heavy atom. The maximum Gasteiger partial charge on any atom is 0.234 e. The number of hydrogen-bond donors (Lipinski definition) is 1. The van der Waals surface area contributed by atoms with Crippen LogP contribution < -0.4 is 10.2 Å². The Bertz CT molecular complexity index is 608. The van der Waals surface area contributed by atoms with Gasteiger partial charge in [-0.05, 0) is 38.0 Å². The van der Waals surface area contributed by atoms with Crippen LogP contribution in [0.5, 0.6) is 0 Å². The van der Waals surface area contributed by atoms with Gasteiger partial charge in [-0.3, -0.25) is 14.5 Å². The summed E-state index contributed by atoms with van der Waals surface area (Å²) >= 11 is 0. The van der Waals surface area contributed by atoms with Crippen LogP contribution in [0, 0.1) is 5.82 Å². The first-order chi connectivity index (χ1) is 11.0. The smallest absolute Gasteiger partial charge is 0.234 e. The Kier molecular flexibility index (Phi) is 4.61. The van der Waals surface area contributed by atoms with Crippen molar-refractivity contribution < 1.29 is 14.0 Å². The molecule has 1 saturated heterocycles. The van der Waals surface area contributed by atoms with Crippen LogP contribution in [0.25, 0.3) is 0 Å². The fraction of sp³-hybridized carbons (Fsp3) is 0.529. The van der Waals surface area contributed by atoms with Gasteiger partial charge in [-0.1, -0.05) is 0 Å². The molecule has 1 aliphatic carbocycles. The summed E-state index contributed by atoms with van der Waals surface area (Å²) in [6.45, 7) is 4.65. The Morgan fingerprint density at radius 3 is 2.48 bits per heavy atom. The lowest BCUT2D eigenvalue weighted by molar-refractivity contribution is -0.122. The zero-order valence-electron chi connectivity index (χ0n) is 13.3. The number of rotatable bonds is 5. The van der Waals surface area contributed by atoms with Gasteiger partial charge < -0.3 is 10.2 Å². The van der Waals surface area contributed by atoms with E-state index < -0.39 is 0 Å². The minimum absolute atomic E-state index is 0.0814. The van der Waals surface area contributed by atoms with Gasteiger partial charge in [0.15, 0.2) is 5.78 Å². The van der Waals surface area contributed by atoms with Crippen molar-refractivity contribution >= 4 is 17.4 Å². The van der Waals surface area contributed by atoms with E-state index in [9.17, 15) is 14.0 Å². The molecule has 0 bridgehead atoms. The summed E-state index contributed by atoms with van der Waals surface area (Å²) in [4.78, 5) is 27.2. The van der Waals surface area contributed by atoms with E-state index in [1.807, 2.05) is 4.90 Å². The van der Waals surface area contributed by atoms with Crippen molar-refractivity contribution in [2.75, 3.05) is 37.6 Å². The van der Waals surface area contributed by atoms with Crippen LogP contribution in [-0.4, -0.2) is 55.4 Å². The molecule has 1 heterocycles. The predicted octanol–water partition coefficient (Wildman–Crippen LogP) is 1.43. The molecule has 1 N–H and O–H groups in total. The number of hydrogen-bond acceptors (Lipinski definition) is 4. The molecular weight excluding hydrogens is 297 g/mol. The van der Waals surface area contributed by atoms with E-state index in [0.717, 1.165) is 25.9 Å². The van der Waals surface area contributed by atoms with Gasteiger partial charge in [0.05, 0.1) is 12.2 Å². The summed E-state index contributed by atoms with van der Waals surface area (Å²) in [6.07, 6.45) is 2.18. The van der Waals surface area contributed by atoms with Crippen molar-refractivity contribution in [3.63, 3.8) is 0 Å². The fourth-order valence-corrected chi connectivity index (χ4v) is 2.83. The van der Waals surface area contributed by atoms with Crippen LogP contribution in [0.15, 0.2) is 18.2 Å². The summed E-state index contributed by atoms with van der Waals surface area (Å²) in [6, 6.07) is 5.02. The molecule has 5 nitrogen and oxygen atoms in total. The molecule has 0 aromatic heterocycles. The van der Waals surface area contributed by atoms with Crippen LogP contribution in [0.1, 0.15) is 30.1 Å². The number of nitrogens with zero attached hydrogens (tertiary/aromatic N) is 2. The molecular formula is C17H22FN3O2. The maximum absolute atomic E-state index is 14.2. The molecule has 2 fully saturated rings. The summed E-state index contributed by atoms with van der Waals surface area (Å²) in [5.41, 5.74) is 0.915. The van der Waals surface area contributed by atoms with E-state index in [1.54, 1.807) is 12.1 Å². The number of nitrogens with one attached hydrogen (secondary N) is 1. The van der Waals surface area contributed by atoms with Crippen molar-refractivity contribution in [3.05, 3.63) is 29.6 Å². The highest BCUT2D eigenvalue weighted by Crippen LogP contribution is 2.22. The van der Waals surface area contributed by atoms with Gasteiger partial charge in [0, 0.05) is 37.8 Å². The summed E-state index contributed by atoms with van der Waals surface area (Å²) in [5, 5.41) is 2.98. The minimum atomic E-state index is -0.363. The Labute approximate surface area is 135 Å². The number of carbonyl (C=O) groups excluding carboxylic acids is 2. The van der Waals surface area contributed by atoms with Gasteiger partial charge >= 0.3 is 0 Å². The first-order valence-corrected chi connectivity index (χ1v) is 8.10. The maximum atomic E-state index is 14.2. The standard InChI is InChI=1S/C17H22FN3O2/c1-12(22)13-2-5-16(15(18)10-13)21-8-6-20(7-9-21)11-17(23)19-14-3-4-14/h2,5,10,14H,3-4,6-9,11H2,1H3,(H,19,23). The van der Waals surface area contributed by atoms with E-state index in [1.165, 1.54) is 13.0 Å². The Morgan fingerprint density at radius 2 is 1.91 bits per heavy atom. The van der Waals surface area contributed by atoms with E-state index >= 15 is 0 Å². The van der Waals surface area contributed by atoms with E-state index in [0.29, 0.717) is 36.9 Å². The number of benzene rings is 1. The monoisotopic (exact) mass is 319 g/mol. The van der Waals surface area contributed by atoms with Crippen LogP contribution in [0.4, 0.5) is 10.1 Å². The number of amides is 1. The molecule has 1 aromatic carbocycles. The molecule has 124 valence electrons. The summed E-state index contributed by atoms with van der Waals surface area (Å²) in [7, 11) is 0. The van der Waals surface area contributed by atoms with Crippen molar-refractivity contribution in [1.82, 2.24) is 10.2 Å². The van der Waals surface area contributed by atoms with Crippen LogP contribution in [-0.2, 0) is 4.79 Å². The van der Waals surface area contributed by atoms with Crippen molar-refractivity contribution in [2.24, 2.45) is 0 Å². The molecule has 1 aliphatic heterocycles. The molecule has 23 heavy (non-hydrogen) atoms. The lowest BCUT2D eigenvalue weighted by Crippen LogP contribution is -2.50. The highest BCUT2D eigenvalue weighted by molar-refractivity contribution is 5.94. The molecule has 1 saturated carbocycles. The predicted molar refractivity (Wildman–Crippen MR) is 86.2 cm³/mol. The van der Waals surface area contributed by atoms with Gasteiger partial charge in [-0.2, -0.15) is 0 Å². The SMILES string of the molecule is CC(=O)c1ccc(N2CCN(CC(=O)NC3CC3)CC2)c(F)c1. The molecule has 2 aliphatic rings. The third-order valence-electron chi connectivity index (χ3n) is 4.38. The second-order valence-corrected chi connectivity index (χ2v) is 6.33. The van der Waals surface area contributed by atoms with Crippen molar-refractivity contribution in [1.29, 1.82) is 0 Å². The van der Waals surface area contributed by atoms with Gasteiger partial charge in [-0.25, -0.2) is 4.39 Å². The topological polar surface area (TPSA) is 52.7 Å². The van der Waals surface area contributed by atoms with Gasteiger partial charge in [0.1, 0.15) is 5.82 Å². The van der Waals surface area contributed by atoms with Crippen LogP contribution in [0.3, 0.4) is 0 Å². The molecule has 0 atom stereocenters. The van der Waals surface area contributed by atoms with Crippen LogP contribution >= 0.6 is 0 Å². The number of halogens is 1. The second kappa shape index (κ2) is 6.66. The number of ketones is 1. The summed E-state index contributed by atoms with van der Waals surface area (Å²) in [5.74, 6) is -0.419. The molecule has 1 aromatic rings. The lowest BCUT2D eigenvalue weighted by atomic mass is 10.1.